The third-order valence-electron chi connectivity index (χ3n) is 3.62. The lowest BCUT2D eigenvalue weighted by atomic mass is 9.95. The van der Waals surface area contributed by atoms with Crippen LogP contribution in [0.1, 0.15) is 31.4 Å². The molecule has 6 heteroatoms. The highest BCUT2D eigenvalue weighted by atomic mass is 16.5. The molecule has 0 saturated heterocycles. The topological polar surface area (TPSA) is 79.2 Å². The first kappa shape index (κ1) is 16.0. The third kappa shape index (κ3) is 2.81. The number of hydrazone groups is 1. The summed E-state index contributed by atoms with van der Waals surface area (Å²) < 4.78 is 4.94. The van der Waals surface area contributed by atoms with Crippen LogP contribution in [0.25, 0.3) is 0 Å². The number of anilines is 1. The Hall–Kier alpha value is -2.37. The lowest BCUT2D eigenvalue weighted by Crippen LogP contribution is -2.47. The van der Waals surface area contributed by atoms with Crippen molar-refractivity contribution in [1.29, 1.82) is 0 Å². The van der Waals surface area contributed by atoms with E-state index in [4.69, 9.17) is 4.74 Å². The lowest BCUT2D eigenvalue weighted by Gasteiger charge is -2.30. The number of rotatable bonds is 4. The molecule has 1 heterocycles. The largest absolute Gasteiger partial charge is 0.479 e. The Morgan fingerprint density at radius 1 is 1.32 bits per heavy atom. The van der Waals surface area contributed by atoms with Crippen molar-refractivity contribution in [2.45, 2.75) is 39.7 Å². The molecule has 0 saturated carbocycles. The number of hydrogen-bond acceptors (Lipinski definition) is 5. The monoisotopic (exact) mass is 304 g/mol. The second-order valence-electron chi connectivity index (χ2n) is 5.68. The number of carboxylic acid groups (broad SMARTS) is 1. The zero-order valence-corrected chi connectivity index (χ0v) is 13.2. The summed E-state index contributed by atoms with van der Waals surface area (Å²) in [7, 11) is 0. The van der Waals surface area contributed by atoms with E-state index in [0.29, 0.717) is 5.69 Å². The number of benzene rings is 1. The molecule has 0 aromatic heterocycles. The number of aliphatic carboxylic acids is 1. The van der Waals surface area contributed by atoms with Gasteiger partial charge in [-0.15, -0.1) is 0 Å². The number of aryl methyl sites for hydroxylation is 2. The number of hydrogen-bond donors (Lipinski definition) is 1. The normalized spacial score (nSPS) is 20.7. The van der Waals surface area contributed by atoms with Gasteiger partial charge in [0, 0.05) is 6.42 Å². The van der Waals surface area contributed by atoms with Crippen molar-refractivity contribution in [2.24, 2.45) is 5.10 Å². The van der Waals surface area contributed by atoms with Gasteiger partial charge < -0.3 is 9.84 Å². The quantitative estimate of drug-likeness (QED) is 0.863. The van der Waals surface area contributed by atoms with Gasteiger partial charge in [-0.25, -0.2) is 14.6 Å². The van der Waals surface area contributed by atoms with E-state index in [1.807, 2.05) is 32.0 Å². The highest BCUT2D eigenvalue weighted by Crippen LogP contribution is 2.34. The van der Waals surface area contributed by atoms with E-state index in [1.54, 1.807) is 13.8 Å². The molecule has 0 aliphatic carbocycles. The van der Waals surface area contributed by atoms with Gasteiger partial charge in [0.15, 0.2) is 5.54 Å². The van der Waals surface area contributed by atoms with Crippen LogP contribution < -0.4 is 5.01 Å². The zero-order valence-electron chi connectivity index (χ0n) is 13.2. The summed E-state index contributed by atoms with van der Waals surface area (Å²) in [6.07, 6.45) is 0.00809. The fourth-order valence-corrected chi connectivity index (χ4v) is 2.58. The first-order valence-electron chi connectivity index (χ1n) is 7.14. The highest BCUT2D eigenvalue weighted by molar-refractivity contribution is 6.38. The van der Waals surface area contributed by atoms with Crippen molar-refractivity contribution < 1.29 is 19.4 Å². The van der Waals surface area contributed by atoms with Crippen LogP contribution in [0.5, 0.6) is 0 Å². The zero-order chi connectivity index (χ0) is 16.5. The van der Waals surface area contributed by atoms with Crippen molar-refractivity contribution in [1.82, 2.24) is 0 Å². The van der Waals surface area contributed by atoms with Crippen molar-refractivity contribution in [2.75, 3.05) is 11.6 Å². The maximum atomic E-state index is 11.9. The molecule has 1 aliphatic heterocycles. The Morgan fingerprint density at radius 3 is 2.41 bits per heavy atom. The lowest BCUT2D eigenvalue weighted by molar-refractivity contribution is -0.142. The Bertz CT molecular complexity index is 633. The van der Waals surface area contributed by atoms with E-state index in [1.165, 1.54) is 5.01 Å². The van der Waals surface area contributed by atoms with Crippen LogP contribution >= 0.6 is 0 Å². The van der Waals surface area contributed by atoms with Gasteiger partial charge in [-0.1, -0.05) is 6.07 Å². The minimum absolute atomic E-state index is 0.00809. The molecule has 2 rings (SSSR count). The maximum absolute atomic E-state index is 11.9. The average molecular weight is 304 g/mol. The Balaban J connectivity index is 2.47. The molecule has 118 valence electrons. The van der Waals surface area contributed by atoms with Gasteiger partial charge in [0.2, 0.25) is 0 Å². The van der Waals surface area contributed by atoms with Crippen LogP contribution in [0.2, 0.25) is 0 Å². The minimum atomic E-state index is -1.30. The molecular weight excluding hydrogens is 284 g/mol. The Kier molecular flexibility index (Phi) is 4.21. The van der Waals surface area contributed by atoms with Crippen LogP contribution in [-0.2, 0) is 14.3 Å². The molecular formula is C16H20N2O4. The van der Waals surface area contributed by atoms with E-state index in [-0.39, 0.29) is 18.7 Å². The Labute approximate surface area is 129 Å². The van der Waals surface area contributed by atoms with Crippen molar-refractivity contribution >= 4 is 23.3 Å². The molecule has 0 fully saturated rings. The summed E-state index contributed by atoms with van der Waals surface area (Å²) in [5.41, 5.74) is 1.49. The van der Waals surface area contributed by atoms with Crippen molar-refractivity contribution in [3.63, 3.8) is 0 Å². The molecule has 22 heavy (non-hydrogen) atoms. The van der Waals surface area contributed by atoms with Crippen molar-refractivity contribution in [3.8, 4) is 0 Å². The van der Waals surface area contributed by atoms with Crippen LogP contribution in [0.3, 0.4) is 0 Å². The van der Waals surface area contributed by atoms with Gasteiger partial charge >= 0.3 is 11.9 Å². The van der Waals surface area contributed by atoms with Gasteiger partial charge in [0.05, 0.1) is 12.3 Å². The molecule has 0 bridgehead atoms. The van der Waals surface area contributed by atoms with Crippen LogP contribution in [0.4, 0.5) is 5.69 Å². The second kappa shape index (κ2) is 5.79. The first-order chi connectivity index (χ1) is 10.3. The molecule has 1 aromatic carbocycles. The fraction of sp³-hybridized carbons (Fsp3) is 0.438. The van der Waals surface area contributed by atoms with E-state index < -0.39 is 17.5 Å². The third-order valence-corrected chi connectivity index (χ3v) is 3.62. The van der Waals surface area contributed by atoms with E-state index in [0.717, 1.165) is 11.1 Å². The standard InChI is InChI=1S/C16H20N2O4/c1-5-22-14(19)13-9-16(4,15(20)21)18(17-13)12-7-10(2)6-11(3)8-12/h6-8H,5,9H2,1-4H3,(H,20,21). The first-order valence-corrected chi connectivity index (χ1v) is 7.14. The molecule has 0 amide bonds. The van der Waals surface area contributed by atoms with Gasteiger partial charge in [0.1, 0.15) is 5.71 Å². The maximum Gasteiger partial charge on any atom is 0.354 e. The van der Waals surface area contributed by atoms with E-state index in [2.05, 4.69) is 5.10 Å². The predicted octanol–water partition coefficient (Wildman–Crippen LogP) is 2.28. The smallest absolute Gasteiger partial charge is 0.354 e. The summed E-state index contributed by atoms with van der Waals surface area (Å²) in [4.78, 5) is 23.6. The number of carbonyl (C=O) groups excluding carboxylic acids is 1. The van der Waals surface area contributed by atoms with Gasteiger partial charge in [-0.3, -0.25) is 0 Å². The molecule has 6 nitrogen and oxygen atoms in total. The molecule has 1 N–H and O–H groups in total. The summed E-state index contributed by atoms with van der Waals surface area (Å²) in [6.45, 7) is 7.35. The second-order valence-corrected chi connectivity index (χ2v) is 5.68. The molecule has 1 atom stereocenters. The van der Waals surface area contributed by atoms with Gasteiger partial charge in [-0.2, -0.15) is 5.10 Å². The van der Waals surface area contributed by atoms with E-state index in [9.17, 15) is 14.7 Å². The summed E-state index contributed by atoms with van der Waals surface area (Å²) in [5, 5.41) is 15.2. The summed E-state index contributed by atoms with van der Waals surface area (Å²) >= 11 is 0. The number of esters is 1. The SMILES string of the molecule is CCOC(=O)C1=NN(c2cc(C)cc(C)c2)C(C)(C(=O)O)C1. The van der Waals surface area contributed by atoms with Crippen LogP contribution in [-0.4, -0.2) is 34.9 Å². The Morgan fingerprint density at radius 2 is 1.91 bits per heavy atom. The molecule has 0 radical (unpaired) electrons. The number of carboxylic acids is 1. The highest BCUT2D eigenvalue weighted by Gasteiger charge is 2.48. The molecule has 1 unspecified atom stereocenters. The molecule has 1 aromatic rings. The van der Waals surface area contributed by atoms with Crippen molar-refractivity contribution in [3.05, 3.63) is 29.3 Å². The van der Waals surface area contributed by atoms with Gasteiger partial charge in [0.25, 0.3) is 0 Å². The molecule has 1 aliphatic rings. The summed E-state index contributed by atoms with van der Waals surface area (Å²) in [6, 6.07) is 5.70. The molecule has 0 spiro atoms. The number of carbonyl (C=O) groups is 2. The number of nitrogens with zero attached hydrogens (tertiary/aromatic N) is 2. The van der Waals surface area contributed by atoms with Crippen LogP contribution in [0, 0.1) is 13.8 Å². The number of ether oxygens (including phenoxy) is 1. The predicted molar refractivity (Wildman–Crippen MR) is 83.1 cm³/mol. The van der Waals surface area contributed by atoms with Gasteiger partial charge in [-0.05, 0) is 51.0 Å². The van der Waals surface area contributed by atoms with E-state index >= 15 is 0 Å². The fourth-order valence-electron chi connectivity index (χ4n) is 2.58. The minimum Gasteiger partial charge on any atom is -0.479 e. The van der Waals surface area contributed by atoms with Crippen LogP contribution in [0.15, 0.2) is 23.3 Å². The summed E-state index contributed by atoms with van der Waals surface area (Å²) in [5.74, 6) is -1.60. The average Bonchev–Trinajstić information content (AvgIpc) is 2.77.